The number of nitrogens with two attached hydrogens (primary N) is 1. The lowest BCUT2D eigenvalue weighted by molar-refractivity contribution is 0.252. The van der Waals surface area contributed by atoms with Crippen molar-refractivity contribution < 1.29 is 0 Å². The number of aromatic nitrogens is 1. The van der Waals surface area contributed by atoms with Gasteiger partial charge in [-0.1, -0.05) is 0 Å². The van der Waals surface area contributed by atoms with Crippen LogP contribution in [0.15, 0.2) is 5.38 Å². The highest BCUT2D eigenvalue weighted by Gasteiger charge is 2.36. The molecule has 1 heterocycles. The van der Waals surface area contributed by atoms with E-state index in [2.05, 4.69) is 10.4 Å². The van der Waals surface area contributed by atoms with E-state index in [-0.39, 0.29) is 30.4 Å². The Balaban J connectivity index is 0.000000720. The Bertz CT molecular complexity index is 271. The third-order valence-electron chi connectivity index (χ3n) is 2.29. The summed E-state index contributed by atoms with van der Waals surface area (Å²) in [6.07, 6.45) is 3.48. The lowest BCUT2D eigenvalue weighted by atomic mass is 9.78. The lowest BCUT2D eigenvalue weighted by Gasteiger charge is -2.35. The van der Waals surface area contributed by atoms with E-state index in [0.717, 1.165) is 23.5 Å². The van der Waals surface area contributed by atoms with Crippen molar-refractivity contribution in [2.24, 2.45) is 5.73 Å². The maximum atomic E-state index is 6.09. The minimum Gasteiger partial charge on any atom is -0.319 e. The second-order valence-electron chi connectivity index (χ2n) is 3.30. The number of rotatable bonds is 1. The van der Waals surface area contributed by atoms with E-state index in [4.69, 9.17) is 5.73 Å². The largest absolute Gasteiger partial charge is 0.319 e. The van der Waals surface area contributed by atoms with Crippen LogP contribution in [0.1, 0.15) is 30.0 Å². The van der Waals surface area contributed by atoms with Crippen LogP contribution in [0, 0.1) is 6.92 Å². The number of thiazole rings is 1. The summed E-state index contributed by atoms with van der Waals surface area (Å²) in [5, 5.41) is 3.20. The Morgan fingerprint density at radius 3 is 2.38 bits per heavy atom. The summed E-state index contributed by atoms with van der Waals surface area (Å²) in [6.45, 7) is 2.02. The maximum absolute atomic E-state index is 6.09. The molecule has 1 aliphatic carbocycles. The number of nitrogens with zero attached hydrogens (tertiary/aromatic N) is 1. The summed E-state index contributed by atoms with van der Waals surface area (Å²) < 4.78 is 0. The number of aryl methyl sites for hydroxylation is 1. The lowest BCUT2D eigenvalue weighted by Crippen LogP contribution is -2.43. The van der Waals surface area contributed by atoms with Gasteiger partial charge in [-0.3, -0.25) is 0 Å². The van der Waals surface area contributed by atoms with Crippen molar-refractivity contribution in [2.45, 2.75) is 31.7 Å². The van der Waals surface area contributed by atoms with Gasteiger partial charge in [-0.2, -0.15) is 0 Å². The highest BCUT2D eigenvalue weighted by atomic mass is 35.5. The molecule has 2 N–H and O–H groups in total. The van der Waals surface area contributed by atoms with Crippen molar-refractivity contribution in [3.63, 3.8) is 0 Å². The smallest absolute Gasteiger partial charge is 0.113 e. The molecule has 0 aliphatic heterocycles. The van der Waals surface area contributed by atoms with Gasteiger partial charge in [0.1, 0.15) is 5.01 Å². The van der Waals surface area contributed by atoms with Gasteiger partial charge in [0, 0.05) is 11.1 Å². The molecule has 0 amide bonds. The molecular weight excluding hydrogens is 227 g/mol. The summed E-state index contributed by atoms with van der Waals surface area (Å²) >= 11 is 1.70. The fourth-order valence-electron chi connectivity index (χ4n) is 1.35. The summed E-state index contributed by atoms with van der Waals surface area (Å²) in [4.78, 5) is 4.40. The van der Waals surface area contributed by atoms with Gasteiger partial charge in [-0.25, -0.2) is 4.98 Å². The zero-order chi connectivity index (χ0) is 7.90. The Kier molecular flexibility index (Phi) is 4.66. The molecule has 0 spiro atoms. The second-order valence-corrected chi connectivity index (χ2v) is 4.16. The number of halogens is 2. The van der Waals surface area contributed by atoms with E-state index in [1.807, 2.05) is 6.92 Å². The average Bonchev–Trinajstić information content (AvgIpc) is 2.31. The molecule has 0 unspecified atom stereocenters. The quantitative estimate of drug-likeness (QED) is 0.820. The highest BCUT2D eigenvalue weighted by Crippen LogP contribution is 2.39. The van der Waals surface area contributed by atoms with Gasteiger partial charge in [-0.05, 0) is 26.2 Å². The van der Waals surface area contributed by atoms with E-state index >= 15 is 0 Å². The van der Waals surface area contributed by atoms with Gasteiger partial charge in [0.25, 0.3) is 0 Å². The SMILES string of the molecule is Cc1csc(C2(N)CCC2)n1.Cl.Cl. The Hall–Kier alpha value is 0.170. The summed E-state index contributed by atoms with van der Waals surface area (Å²) in [5.41, 5.74) is 7.13. The van der Waals surface area contributed by atoms with Crippen molar-refractivity contribution in [1.29, 1.82) is 0 Å². The standard InChI is InChI=1S/C8H12N2S.2ClH/c1-6-5-11-7(10-6)8(9)3-2-4-8;;/h5H,2-4,9H2,1H3;2*1H. The molecule has 5 heteroatoms. The topological polar surface area (TPSA) is 38.9 Å². The molecule has 0 aromatic carbocycles. The van der Waals surface area contributed by atoms with Crippen molar-refractivity contribution in [2.75, 3.05) is 0 Å². The Morgan fingerprint density at radius 1 is 1.46 bits per heavy atom. The van der Waals surface area contributed by atoms with E-state index in [1.165, 1.54) is 6.42 Å². The molecule has 0 radical (unpaired) electrons. The zero-order valence-electron chi connectivity index (χ0n) is 7.45. The molecule has 1 aliphatic rings. The molecule has 0 bridgehead atoms. The molecule has 1 aromatic rings. The van der Waals surface area contributed by atoms with Crippen molar-refractivity contribution in [3.05, 3.63) is 16.1 Å². The first-order valence-corrected chi connectivity index (χ1v) is 4.80. The van der Waals surface area contributed by atoms with Crippen LogP contribution >= 0.6 is 36.2 Å². The fourth-order valence-corrected chi connectivity index (χ4v) is 2.32. The Labute approximate surface area is 94.8 Å². The second kappa shape index (κ2) is 4.60. The van der Waals surface area contributed by atoms with Crippen molar-refractivity contribution in [3.8, 4) is 0 Å². The van der Waals surface area contributed by atoms with Gasteiger partial charge in [0.15, 0.2) is 0 Å². The number of hydrogen-bond donors (Lipinski definition) is 1. The highest BCUT2D eigenvalue weighted by molar-refractivity contribution is 7.09. The molecule has 1 saturated carbocycles. The minimum atomic E-state index is -0.0566. The van der Waals surface area contributed by atoms with E-state index in [1.54, 1.807) is 11.3 Å². The third kappa shape index (κ3) is 2.34. The Morgan fingerprint density at radius 2 is 2.08 bits per heavy atom. The predicted molar refractivity (Wildman–Crippen MR) is 61.1 cm³/mol. The molecular formula is C8H14Cl2N2S. The average molecular weight is 241 g/mol. The van der Waals surface area contributed by atoms with E-state index in [0.29, 0.717) is 0 Å². The normalized spacial score (nSPS) is 18.0. The van der Waals surface area contributed by atoms with Crippen molar-refractivity contribution >= 4 is 36.2 Å². The van der Waals surface area contributed by atoms with Crippen LogP contribution in [0.3, 0.4) is 0 Å². The molecule has 2 rings (SSSR count). The predicted octanol–water partition coefficient (Wildman–Crippen LogP) is 2.63. The minimum absolute atomic E-state index is 0. The molecule has 1 fully saturated rings. The molecule has 2 nitrogen and oxygen atoms in total. The van der Waals surface area contributed by atoms with Crippen LogP contribution in [-0.4, -0.2) is 4.98 Å². The van der Waals surface area contributed by atoms with Crippen molar-refractivity contribution in [1.82, 2.24) is 4.98 Å². The van der Waals surface area contributed by atoms with Crippen LogP contribution in [0.4, 0.5) is 0 Å². The van der Waals surface area contributed by atoms with E-state index < -0.39 is 0 Å². The first-order chi connectivity index (χ1) is 5.21. The van der Waals surface area contributed by atoms with Crippen LogP contribution in [0.2, 0.25) is 0 Å². The van der Waals surface area contributed by atoms with Gasteiger partial charge in [-0.15, -0.1) is 36.2 Å². The first-order valence-electron chi connectivity index (χ1n) is 3.92. The number of hydrogen-bond acceptors (Lipinski definition) is 3. The summed E-state index contributed by atoms with van der Waals surface area (Å²) in [6, 6.07) is 0. The van der Waals surface area contributed by atoms with Crippen LogP contribution in [0.5, 0.6) is 0 Å². The van der Waals surface area contributed by atoms with Crippen LogP contribution in [0.25, 0.3) is 0 Å². The molecule has 0 saturated heterocycles. The van der Waals surface area contributed by atoms with Gasteiger partial charge >= 0.3 is 0 Å². The van der Waals surface area contributed by atoms with Gasteiger partial charge in [0.2, 0.25) is 0 Å². The molecule has 13 heavy (non-hydrogen) atoms. The van der Waals surface area contributed by atoms with Gasteiger partial charge in [0.05, 0.1) is 5.54 Å². The summed E-state index contributed by atoms with van der Waals surface area (Å²) in [5.74, 6) is 0. The van der Waals surface area contributed by atoms with Crippen LogP contribution in [-0.2, 0) is 5.54 Å². The molecule has 76 valence electrons. The monoisotopic (exact) mass is 240 g/mol. The first kappa shape index (κ1) is 13.2. The van der Waals surface area contributed by atoms with E-state index in [9.17, 15) is 0 Å². The molecule has 1 aromatic heterocycles. The zero-order valence-corrected chi connectivity index (χ0v) is 9.90. The summed E-state index contributed by atoms with van der Waals surface area (Å²) in [7, 11) is 0. The molecule has 0 atom stereocenters. The fraction of sp³-hybridized carbons (Fsp3) is 0.625. The third-order valence-corrected chi connectivity index (χ3v) is 3.47. The van der Waals surface area contributed by atoms with Crippen LogP contribution < -0.4 is 5.73 Å². The maximum Gasteiger partial charge on any atom is 0.113 e. The van der Waals surface area contributed by atoms with Gasteiger partial charge < -0.3 is 5.73 Å².